The molecular formula is C35H43N7O2. The van der Waals surface area contributed by atoms with E-state index in [2.05, 4.69) is 47.3 Å². The van der Waals surface area contributed by atoms with Gasteiger partial charge in [0.05, 0.1) is 11.6 Å². The average Bonchev–Trinajstić information content (AvgIpc) is 3.02. The lowest BCUT2D eigenvalue weighted by Gasteiger charge is -2.35. The Morgan fingerprint density at radius 1 is 1.00 bits per heavy atom. The van der Waals surface area contributed by atoms with Crippen LogP contribution >= 0.6 is 0 Å². The van der Waals surface area contributed by atoms with E-state index >= 15 is 0 Å². The van der Waals surface area contributed by atoms with Gasteiger partial charge in [-0.15, -0.1) is 0 Å². The van der Waals surface area contributed by atoms with Crippen molar-refractivity contribution in [1.82, 2.24) is 24.3 Å². The molecule has 2 aromatic carbocycles. The summed E-state index contributed by atoms with van der Waals surface area (Å²) in [4.78, 5) is 43.6. The van der Waals surface area contributed by atoms with Crippen LogP contribution in [0.1, 0.15) is 48.9 Å². The molecule has 2 saturated heterocycles. The predicted molar refractivity (Wildman–Crippen MR) is 178 cm³/mol. The Morgan fingerprint density at radius 2 is 1.77 bits per heavy atom. The van der Waals surface area contributed by atoms with E-state index in [9.17, 15) is 9.59 Å². The molecule has 6 rings (SSSR count). The lowest BCUT2D eigenvalue weighted by molar-refractivity contribution is -0.132. The normalized spacial score (nSPS) is 17.7. The molecule has 0 radical (unpaired) electrons. The molecule has 2 aromatic heterocycles. The Hall–Kier alpha value is -4.24. The van der Waals surface area contributed by atoms with Gasteiger partial charge in [0.2, 0.25) is 11.9 Å². The highest BCUT2D eigenvalue weighted by molar-refractivity contribution is 5.87. The van der Waals surface area contributed by atoms with Crippen molar-refractivity contribution in [2.45, 2.75) is 53.0 Å². The Balaban J connectivity index is 1.42. The number of benzene rings is 2. The van der Waals surface area contributed by atoms with Gasteiger partial charge in [0, 0.05) is 68.6 Å². The average molecular weight is 594 g/mol. The van der Waals surface area contributed by atoms with Gasteiger partial charge in [0.1, 0.15) is 5.65 Å². The Kier molecular flexibility index (Phi) is 8.40. The monoisotopic (exact) mass is 593 g/mol. The third-order valence-corrected chi connectivity index (χ3v) is 9.34. The van der Waals surface area contributed by atoms with E-state index in [1.54, 1.807) is 0 Å². The molecule has 4 aromatic rings. The van der Waals surface area contributed by atoms with E-state index in [-0.39, 0.29) is 17.5 Å². The van der Waals surface area contributed by atoms with Gasteiger partial charge < -0.3 is 20.0 Å². The molecule has 4 heterocycles. The first-order valence-corrected chi connectivity index (χ1v) is 15.8. The maximum atomic E-state index is 14.5. The summed E-state index contributed by atoms with van der Waals surface area (Å²) in [6.45, 7) is 13.4. The number of likely N-dealkylation sites (N-methyl/N-ethyl adjacent to an activating group) is 1. The smallest absolute Gasteiger partial charge is 0.260 e. The lowest BCUT2D eigenvalue weighted by Crippen LogP contribution is -2.44. The minimum Gasteiger partial charge on any atom is -0.369 e. The predicted octanol–water partition coefficient (Wildman–Crippen LogP) is 5.45. The highest BCUT2D eigenvalue weighted by atomic mass is 16.2. The van der Waals surface area contributed by atoms with Crippen LogP contribution in [-0.4, -0.2) is 76.6 Å². The topological polar surface area (TPSA) is 86.6 Å². The fourth-order valence-electron chi connectivity index (χ4n) is 6.78. The second-order valence-corrected chi connectivity index (χ2v) is 12.3. The molecule has 1 N–H and O–H groups in total. The third kappa shape index (κ3) is 5.68. The molecule has 1 amide bonds. The number of anilines is 3. The second kappa shape index (κ2) is 12.4. The van der Waals surface area contributed by atoms with Gasteiger partial charge >= 0.3 is 0 Å². The fourth-order valence-corrected chi connectivity index (χ4v) is 6.78. The van der Waals surface area contributed by atoms with Crippen molar-refractivity contribution >= 4 is 34.3 Å². The lowest BCUT2D eigenvalue weighted by atomic mass is 9.95. The fraction of sp³-hybridized carbons (Fsp3) is 0.429. The molecule has 230 valence electrons. The summed E-state index contributed by atoms with van der Waals surface area (Å²) in [6, 6.07) is 14.2. The number of aromatic nitrogens is 3. The molecule has 9 nitrogen and oxygen atoms in total. The second-order valence-electron chi connectivity index (χ2n) is 12.3. The standard InChI is InChI=1S/C35H43N7O2/c1-6-31(43)41-15-9-11-27(22-41)42-33-29(25(4)32(34(42)44)28-12-8-7-10-23(28)2)21-36-35(38-33)37-26-13-14-30(24(3)20-26)40-18-16-39(5)17-19-40/h7-8,10,12-14,20-21,27H,6,9,11,15-19,22H2,1-5H3,(H,36,37,38)/t27-/m1/s1. The van der Waals surface area contributed by atoms with E-state index in [0.29, 0.717) is 30.1 Å². The number of fused-ring (bicyclic) bond motifs is 1. The van der Waals surface area contributed by atoms with Crippen molar-refractivity contribution in [2.24, 2.45) is 0 Å². The van der Waals surface area contributed by atoms with E-state index in [1.807, 2.05) is 60.7 Å². The van der Waals surface area contributed by atoms with Gasteiger partial charge in [-0.05, 0) is 81.1 Å². The number of pyridine rings is 1. The zero-order valence-corrected chi connectivity index (χ0v) is 26.6. The van der Waals surface area contributed by atoms with Crippen molar-refractivity contribution in [3.05, 3.63) is 75.7 Å². The first-order chi connectivity index (χ1) is 21.2. The number of carbonyl (C=O) groups excluding carboxylic acids is 1. The molecule has 2 aliphatic heterocycles. The number of piperazine rings is 1. The molecule has 1 atom stereocenters. The van der Waals surface area contributed by atoms with Crippen LogP contribution in [0.3, 0.4) is 0 Å². The summed E-state index contributed by atoms with van der Waals surface area (Å²) in [7, 11) is 2.17. The first-order valence-electron chi connectivity index (χ1n) is 15.8. The highest BCUT2D eigenvalue weighted by Crippen LogP contribution is 2.32. The molecule has 2 aliphatic rings. The zero-order chi connectivity index (χ0) is 31.0. The van der Waals surface area contributed by atoms with Crippen molar-refractivity contribution in [3.63, 3.8) is 0 Å². The highest BCUT2D eigenvalue weighted by Gasteiger charge is 2.29. The van der Waals surface area contributed by atoms with E-state index < -0.39 is 0 Å². The van der Waals surface area contributed by atoms with Gasteiger partial charge in [-0.25, -0.2) is 4.98 Å². The quantitative estimate of drug-likeness (QED) is 0.318. The number of carbonyl (C=O) groups is 1. The molecular weight excluding hydrogens is 550 g/mol. The van der Waals surface area contributed by atoms with Crippen LogP contribution in [0.25, 0.3) is 22.2 Å². The zero-order valence-electron chi connectivity index (χ0n) is 26.6. The largest absolute Gasteiger partial charge is 0.369 e. The molecule has 0 unspecified atom stereocenters. The molecule has 0 spiro atoms. The van der Waals surface area contributed by atoms with E-state index in [1.165, 1.54) is 11.3 Å². The number of aryl methyl sites for hydroxylation is 3. The first kappa shape index (κ1) is 29.8. The summed E-state index contributed by atoms with van der Waals surface area (Å²) >= 11 is 0. The number of nitrogens with zero attached hydrogens (tertiary/aromatic N) is 6. The van der Waals surface area contributed by atoms with Crippen LogP contribution in [-0.2, 0) is 4.79 Å². The molecule has 2 fully saturated rings. The van der Waals surface area contributed by atoms with Crippen LogP contribution in [0.5, 0.6) is 0 Å². The molecule has 0 aliphatic carbocycles. The Bertz CT molecular complexity index is 1760. The van der Waals surface area contributed by atoms with Crippen LogP contribution in [0, 0.1) is 20.8 Å². The molecule has 9 heteroatoms. The molecule has 44 heavy (non-hydrogen) atoms. The number of hydrogen-bond acceptors (Lipinski definition) is 7. The Morgan fingerprint density at radius 3 is 2.50 bits per heavy atom. The number of piperidine rings is 1. The van der Waals surface area contributed by atoms with Crippen molar-refractivity contribution in [3.8, 4) is 11.1 Å². The van der Waals surface area contributed by atoms with Crippen LogP contribution < -0.4 is 15.8 Å². The van der Waals surface area contributed by atoms with E-state index in [0.717, 1.165) is 73.3 Å². The number of hydrogen-bond donors (Lipinski definition) is 1. The van der Waals surface area contributed by atoms with Crippen molar-refractivity contribution in [1.29, 1.82) is 0 Å². The van der Waals surface area contributed by atoms with Gasteiger partial charge in [-0.2, -0.15) is 4.98 Å². The van der Waals surface area contributed by atoms with Crippen molar-refractivity contribution < 1.29 is 4.79 Å². The van der Waals surface area contributed by atoms with Crippen LogP contribution in [0.4, 0.5) is 17.3 Å². The summed E-state index contributed by atoms with van der Waals surface area (Å²) in [5, 5.41) is 4.25. The summed E-state index contributed by atoms with van der Waals surface area (Å²) in [6.07, 6.45) is 3.93. The maximum absolute atomic E-state index is 14.5. The molecule has 0 saturated carbocycles. The number of rotatable bonds is 6. The van der Waals surface area contributed by atoms with Gasteiger partial charge in [0.15, 0.2) is 0 Å². The molecule has 0 bridgehead atoms. The number of nitrogens with one attached hydrogen (secondary N) is 1. The van der Waals surface area contributed by atoms with E-state index in [4.69, 9.17) is 9.97 Å². The maximum Gasteiger partial charge on any atom is 0.260 e. The summed E-state index contributed by atoms with van der Waals surface area (Å²) in [5.74, 6) is 0.559. The number of amides is 1. The Labute approximate surface area is 259 Å². The van der Waals surface area contributed by atoms with Crippen molar-refractivity contribution in [2.75, 3.05) is 56.5 Å². The SMILES string of the molecule is CCC(=O)N1CCC[C@@H](n2c(=O)c(-c3ccccc3C)c(C)c3cnc(Nc4ccc(N5CCN(C)CC5)c(C)c4)nc32)C1. The van der Waals surface area contributed by atoms with Crippen LogP contribution in [0.2, 0.25) is 0 Å². The minimum absolute atomic E-state index is 0.0721. The van der Waals surface area contributed by atoms with Gasteiger partial charge in [-0.1, -0.05) is 31.2 Å². The van der Waals surface area contributed by atoms with Gasteiger partial charge in [-0.3, -0.25) is 14.2 Å². The van der Waals surface area contributed by atoms with Crippen LogP contribution in [0.15, 0.2) is 53.5 Å². The minimum atomic E-state index is -0.175. The summed E-state index contributed by atoms with van der Waals surface area (Å²) < 4.78 is 1.84. The third-order valence-electron chi connectivity index (χ3n) is 9.34. The number of likely N-dealkylation sites (tertiary alicyclic amines) is 1. The summed E-state index contributed by atoms with van der Waals surface area (Å²) in [5.41, 5.74) is 7.38. The van der Waals surface area contributed by atoms with Gasteiger partial charge in [0.25, 0.3) is 5.56 Å².